The molecule has 0 unspecified atom stereocenters. The van der Waals surface area contributed by atoms with Crippen LogP contribution in [0.2, 0.25) is 0 Å². The van der Waals surface area contributed by atoms with E-state index in [-0.39, 0.29) is 16.3 Å². The first kappa shape index (κ1) is 19.3. The summed E-state index contributed by atoms with van der Waals surface area (Å²) in [4.78, 5) is 21.8. The number of nitrogens with zero attached hydrogens (tertiary/aromatic N) is 2. The number of halogens is 1. The lowest BCUT2D eigenvalue weighted by Crippen LogP contribution is -2.36. The highest BCUT2D eigenvalue weighted by Gasteiger charge is 2.29. The van der Waals surface area contributed by atoms with Gasteiger partial charge in [0.2, 0.25) is 0 Å². The molecule has 26 heavy (non-hydrogen) atoms. The zero-order valence-corrected chi connectivity index (χ0v) is 14.7. The van der Waals surface area contributed by atoms with Gasteiger partial charge < -0.3 is 4.74 Å². The van der Waals surface area contributed by atoms with Crippen LogP contribution in [0.25, 0.3) is 0 Å². The molecule has 0 heterocycles. The van der Waals surface area contributed by atoms with E-state index in [1.807, 2.05) is 0 Å². The maximum atomic E-state index is 13.1. The number of nitro benzene ring substituents is 1. The Bertz CT molecular complexity index is 944. The van der Waals surface area contributed by atoms with Crippen molar-refractivity contribution in [2.45, 2.75) is 11.8 Å². The van der Waals surface area contributed by atoms with Gasteiger partial charge in [-0.15, -0.1) is 0 Å². The fourth-order valence-electron chi connectivity index (χ4n) is 2.20. The maximum Gasteiger partial charge on any atom is 0.326 e. The molecule has 0 saturated carbocycles. The van der Waals surface area contributed by atoms with E-state index < -0.39 is 33.3 Å². The minimum atomic E-state index is -4.30. The third kappa shape index (κ3) is 3.97. The largest absolute Gasteiger partial charge is 0.468 e. The molecule has 0 aromatic heterocycles. The van der Waals surface area contributed by atoms with Crippen molar-refractivity contribution in [3.05, 3.63) is 64.0 Å². The van der Waals surface area contributed by atoms with Crippen LogP contribution < -0.4 is 4.31 Å². The van der Waals surface area contributed by atoms with Gasteiger partial charge in [-0.25, -0.2) is 12.8 Å². The summed E-state index contributed by atoms with van der Waals surface area (Å²) < 4.78 is 44.3. The van der Waals surface area contributed by atoms with Gasteiger partial charge in [0, 0.05) is 12.1 Å². The molecule has 138 valence electrons. The third-order valence-corrected chi connectivity index (χ3v) is 5.35. The van der Waals surface area contributed by atoms with Crippen molar-refractivity contribution in [2.75, 3.05) is 18.0 Å². The number of hydrogen-bond acceptors (Lipinski definition) is 6. The number of methoxy groups -OCH3 is 1. The highest BCUT2D eigenvalue weighted by molar-refractivity contribution is 7.92. The van der Waals surface area contributed by atoms with E-state index in [1.165, 1.54) is 12.1 Å². The topological polar surface area (TPSA) is 107 Å². The number of carbonyl (C=O) groups is 1. The second-order valence-electron chi connectivity index (χ2n) is 5.27. The highest BCUT2D eigenvalue weighted by Crippen LogP contribution is 2.30. The number of aryl methyl sites for hydroxylation is 1. The second kappa shape index (κ2) is 7.48. The van der Waals surface area contributed by atoms with Gasteiger partial charge in [0.15, 0.2) is 0 Å². The SMILES string of the molecule is COC(=O)CN(c1cc([N+](=O)[O-])ccc1C)S(=O)(=O)c1ccc(F)cc1. The average molecular weight is 382 g/mol. The summed E-state index contributed by atoms with van der Waals surface area (Å²) in [5.41, 5.74) is 0.00823. The van der Waals surface area contributed by atoms with E-state index in [0.717, 1.165) is 37.4 Å². The molecule has 10 heteroatoms. The Morgan fingerprint density at radius 1 is 1.23 bits per heavy atom. The molecule has 0 aliphatic heterocycles. The Labute approximate surface area is 149 Å². The van der Waals surface area contributed by atoms with Gasteiger partial charge in [0.25, 0.3) is 15.7 Å². The molecular weight excluding hydrogens is 367 g/mol. The van der Waals surface area contributed by atoms with E-state index in [2.05, 4.69) is 4.74 Å². The summed E-state index contributed by atoms with van der Waals surface area (Å²) in [7, 11) is -3.21. The van der Waals surface area contributed by atoms with Gasteiger partial charge in [0.05, 0.1) is 22.6 Å². The maximum absolute atomic E-state index is 13.1. The second-order valence-corrected chi connectivity index (χ2v) is 7.13. The number of benzene rings is 2. The summed E-state index contributed by atoms with van der Waals surface area (Å²) >= 11 is 0. The summed E-state index contributed by atoms with van der Waals surface area (Å²) in [6.45, 7) is 0.849. The lowest BCUT2D eigenvalue weighted by Gasteiger charge is -2.24. The van der Waals surface area contributed by atoms with Gasteiger partial charge in [-0.3, -0.25) is 19.2 Å². The summed E-state index contributed by atoms with van der Waals surface area (Å²) in [6, 6.07) is 7.66. The van der Waals surface area contributed by atoms with Crippen LogP contribution in [0.1, 0.15) is 5.56 Å². The van der Waals surface area contributed by atoms with E-state index in [4.69, 9.17) is 0 Å². The van der Waals surface area contributed by atoms with Gasteiger partial charge in [-0.1, -0.05) is 6.07 Å². The Morgan fingerprint density at radius 3 is 2.38 bits per heavy atom. The van der Waals surface area contributed by atoms with Crippen molar-refractivity contribution < 1.29 is 27.3 Å². The van der Waals surface area contributed by atoms with Crippen molar-refractivity contribution in [1.29, 1.82) is 0 Å². The molecule has 2 aromatic rings. The molecule has 0 atom stereocenters. The van der Waals surface area contributed by atoms with Gasteiger partial charge in [-0.2, -0.15) is 0 Å². The van der Waals surface area contributed by atoms with Crippen molar-refractivity contribution >= 4 is 27.4 Å². The number of hydrogen-bond donors (Lipinski definition) is 0. The quantitative estimate of drug-likeness (QED) is 0.431. The normalized spacial score (nSPS) is 11.0. The molecule has 2 aromatic carbocycles. The van der Waals surface area contributed by atoms with E-state index in [9.17, 15) is 27.7 Å². The molecule has 0 aliphatic rings. The molecule has 0 bridgehead atoms. The number of nitro groups is 1. The first-order valence-corrected chi connectivity index (χ1v) is 8.71. The number of sulfonamides is 1. The zero-order valence-electron chi connectivity index (χ0n) is 13.9. The first-order valence-electron chi connectivity index (χ1n) is 7.27. The number of anilines is 1. The molecule has 0 N–H and O–H groups in total. The van der Waals surface area contributed by atoms with E-state index in [0.29, 0.717) is 9.87 Å². The van der Waals surface area contributed by atoms with E-state index >= 15 is 0 Å². The minimum absolute atomic E-state index is 0.0473. The monoisotopic (exact) mass is 382 g/mol. The molecule has 0 saturated heterocycles. The molecule has 0 radical (unpaired) electrons. The van der Waals surface area contributed by atoms with Crippen LogP contribution in [-0.4, -0.2) is 33.0 Å². The predicted octanol–water partition coefficient (Wildman–Crippen LogP) is 2.41. The summed E-state index contributed by atoms with van der Waals surface area (Å²) in [6.07, 6.45) is 0. The number of esters is 1. The smallest absolute Gasteiger partial charge is 0.326 e. The standard InChI is InChI=1S/C16H15FN2O6S/c1-11-3-6-13(19(21)22)9-15(11)18(10-16(20)25-2)26(23,24)14-7-4-12(17)5-8-14/h3-9H,10H2,1-2H3. The van der Waals surface area contributed by atoms with Crippen LogP contribution in [0.3, 0.4) is 0 Å². The van der Waals surface area contributed by atoms with Gasteiger partial charge in [0.1, 0.15) is 12.4 Å². The number of rotatable bonds is 6. The van der Waals surface area contributed by atoms with Crippen LogP contribution in [0.4, 0.5) is 15.8 Å². The van der Waals surface area contributed by atoms with Gasteiger partial charge >= 0.3 is 5.97 Å². The van der Waals surface area contributed by atoms with Crippen molar-refractivity contribution in [1.82, 2.24) is 0 Å². The van der Waals surface area contributed by atoms with Gasteiger partial charge in [-0.05, 0) is 36.8 Å². The van der Waals surface area contributed by atoms with Crippen molar-refractivity contribution in [3.8, 4) is 0 Å². The lowest BCUT2D eigenvalue weighted by atomic mass is 10.2. The molecule has 0 spiro atoms. The molecule has 0 fully saturated rings. The van der Waals surface area contributed by atoms with Crippen LogP contribution in [-0.2, 0) is 19.6 Å². The molecule has 2 rings (SSSR count). The first-order chi connectivity index (χ1) is 12.2. The fraction of sp³-hybridized carbons (Fsp3) is 0.188. The van der Waals surface area contributed by atoms with E-state index in [1.54, 1.807) is 6.92 Å². The van der Waals surface area contributed by atoms with Crippen LogP contribution >= 0.6 is 0 Å². The highest BCUT2D eigenvalue weighted by atomic mass is 32.2. The van der Waals surface area contributed by atoms with Crippen molar-refractivity contribution in [2.24, 2.45) is 0 Å². The Hall–Kier alpha value is -3.01. The third-order valence-electron chi connectivity index (χ3n) is 3.57. The van der Waals surface area contributed by atoms with Crippen LogP contribution in [0, 0.1) is 22.9 Å². The molecule has 0 amide bonds. The van der Waals surface area contributed by atoms with Crippen molar-refractivity contribution in [3.63, 3.8) is 0 Å². The average Bonchev–Trinajstić information content (AvgIpc) is 2.60. The predicted molar refractivity (Wildman–Crippen MR) is 90.8 cm³/mol. The summed E-state index contributed by atoms with van der Waals surface area (Å²) in [5.74, 6) is -1.49. The molecule has 8 nitrogen and oxygen atoms in total. The number of non-ortho nitro benzene ring substituents is 1. The minimum Gasteiger partial charge on any atom is -0.468 e. The molecular formula is C16H15FN2O6S. The Morgan fingerprint density at radius 2 is 1.85 bits per heavy atom. The molecule has 0 aliphatic carbocycles. The lowest BCUT2D eigenvalue weighted by molar-refractivity contribution is -0.384. The fourth-order valence-corrected chi connectivity index (χ4v) is 3.66. The van der Waals surface area contributed by atoms with Crippen LogP contribution in [0.15, 0.2) is 47.4 Å². The van der Waals surface area contributed by atoms with Crippen LogP contribution in [0.5, 0.6) is 0 Å². The number of carbonyl (C=O) groups excluding carboxylic acids is 1. The Kier molecular flexibility index (Phi) is 5.56. The zero-order chi connectivity index (χ0) is 19.5. The summed E-state index contributed by atoms with van der Waals surface area (Å²) in [5, 5.41) is 11.0. The Balaban J connectivity index is 2.64. The number of ether oxygens (including phenoxy) is 1.